The Morgan fingerprint density at radius 1 is 1.43 bits per heavy atom. The summed E-state index contributed by atoms with van der Waals surface area (Å²) >= 11 is 0. The lowest BCUT2D eigenvalue weighted by molar-refractivity contribution is -0.139. The maximum atomic E-state index is 12.0. The number of nitrogens with zero attached hydrogens (tertiary/aromatic N) is 1. The van der Waals surface area contributed by atoms with Crippen LogP contribution in [0.1, 0.15) is 33.6 Å². The van der Waals surface area contributed by atoms with Crippen LogP contribution < -0.4 is 0 Å². The van der Waals surface area contributed by atoms with E-state index in [-0.39, 0.29) is 0 Å². The number of amides is 1. The molecule has 3 atom stereocenters. The van der Waals surface area contributed by atoms with Crippen molar-refractivity contribution in [1.29, 1.82) is 0 Å². The predicted octanol–water partition coefficient (Wildman–Crippen LogP) is 2.15. The summed E-state index contributed by atoms with van der Waals surface area (Å²) in [6.07, 6.45) is 2.30. The Bertz CT molecular complexity index is 259. The lowest BCUT2D eigenvalue weighted by Crippen LogP contribution is -2.44. The summed E-state index contributed by atoms with van der Waals surface area (Å²) in [5, 5.41) is 0. The molecule has 0 aromatic carbocycles. The van der Waals surface area contributed by atoms with Gasteiger partial charge in [0.15, 0.2) is 0 Å². The van der Waals surface area contributed by atoms with Crippen LogP contribution in [0, 0.1) is 23.2 Å². The van der Waals surface area contributed by atoms with Gasteiger partial charge in [-0.3, -0.25) is 4.79 Å². The van der Waals surface area contributed by atoms with Crippen molar-refractivity contribution in [3.8, 4) is 0 Å². The Labute approximate surface area is 86.7 Å². The molecule has 0 spiro atoms. The smallest absolute Gasteiger partial charge is 0.225 e. The van der Waals surface area contributed by atoms with Crippen molar-refractivity contribution in [1.82, 2.24) is 4.90 Å². The highest BCUT2D eigenvalue weighted by molar-refractivity contribution is 5.80. The van der Waals surface area contributed by atoms with E-state index >= 15 is 0 Å². The summed E-state index contributed by atoms with van der Waals surface area (Å²) in [6, 6.07) is 0. The molecule has 1 heterocycles. The van der Waals surface area contributed by atoms with Gasteiger partial charge in [-0.05, 0) is 30.1 Å². The maximum Gasteiger partial charge on any atom is 0.225 e. The highest BCUT2D eigenvalue weighted by Crippen LogP contribution is 2.53. The van der Waals surface area contributed by atoms with E-state index in [2.05, 4.69) is 20.8 Å². The molecule has 0 N–H and O–H groups in total. The van der Waals surface area contributed by atoms with E-state index in [0.29, 0.717) is 29.1 Å². The number of hydrogen-bond donors (Lipinski definition) is 0. The van der Waals surface area contributed by atoms with Crippen LogP contribution in [-0.4, -0.2) is 24.4 Å². The minimum Gasteiger partial charge on any atom is -0.346 e. The molecule has 1 aliphatic carbocycles. The molecule has 2 fully saturated rings. The number of piperidine rings is 1. The van der Waals surface area contributed by atoms with Crippen LogP contribution in [0.4, 0.5) is 0 Å². The number of carbonyl (C=O) groups excluding carboxylic acids is 1. The minimum atomic E-state index is 0.318. The van der Waals surface area contributed by atoms with E-state index in [9.17, 15) is 4.79 Å². The van der Waals surface area contributed by atoms with Gasteiger partial charge in [0.1, 0.15) is 0 Å². The third kappa shape index (κ3) is 1.19. The summed E-state index contributed by atoms with van der Waals surface area (Å²) in [5.74, 6) is 2.02. The topological polar surface area (TPSA) is 20.3 Å². The van der Waals surface area contributed by atoms with Gasteiger partial charge in [0.25, 0.3) is 0 Å². The molecular formula is C12H21NO. The number of rotatable bonds is 0. The fraction of sp³-hybridized carbons (Fsp3) is 0.917. The van der Waals surface area contributed by atoms with Crippen LogP contribution in [0.5, 0.6) is 0 Å². The van der Waals surface area contributed by atoms with Crippen molar-refractivity contribution in [3.05, 3.63) is 0 Å². The monoisotopic (exact) mass is 195 g/mol. The van der Waals surface area contributed by atoms with Gasteiger partial charge in [-0.1, -0.05) is 20.8 Å². The average molecular weight is 195 g/mol. The van der Waals surface area contributed by atoms with Crippen molar-refractivity contribution < 1.29 is 4.79 Å². The zero-order valence-electron chi connectivity index (χ0n) is 9.71. The van der Waals surface area contributed by atoms with Gasteiger partial charge in [0, 0.05) is 19.5 Å². The molecule has 0 radical (unpaired) electrons. The third-order valence-electron chi connectivity index (χ3n) is 4.79. The molecule has 1 saturated heterocycles. The molecule has 2 aliphatic rings. The Morgan fingerprint density at radius 2 is 2.07 bits per heavy atom. The van der Waals surface area contributed by atoms with Crippen molar-refractivity contribution >= 4 is 5.91 Å². The first-order valence-corrected chi connectivity index (χ1v) is 5.69. The number of hydrogen-bond acceptors (Lipinski definition) is 1. The number of carbonyl (C=O) groups is 1. The summed E-state index contributed by atoms with van der Waals surface area (Å²) in [6.45, 7) is 7.92. The van der Waals surface area contributed by atoms with Gasteiger partial charge >= 0.3 is 0 Å². The molecule has 1 aliphatic heterocycles. The molecule has 14 heavy (non-hydrogen) atoms. The molecule has 1 amide bonds. The van der Waals surface area contributed by atoms with E-state index in [0.717, 1.165) is 13.0 Å². The second-order valence-electron chi connectivity index (χ2n) is 5.72. The third-order valence-corrected chi connectivity index (χ3v) is 4.79. The molecule has 1 saturated carbocycles. The Balaban J connectivity index is 2.25. The molecule has 0 aromatic rings. The molecule has 2 rings (SSSR count). The minimum absolute atomic E-state index is 0.318. The average Bonchev–Trinajstić information content (AvgIpc) is 2.33. The lowest BCUT2D eigenvalue weighted by Gasteiger charge is -2.38. The van der Waals surface area contributed by atoms with E-state index in [1.54, 1.807) is 0 Å². The van der Waals surface area contributed by atoms with Crippen LogP contribution >= 0.6 is 0 Å². The molecule has 2 nitrogen and oxygen atoms in total. The fourth-order valence-electron chi connectivity index (χ4n) is 3.31. The first-order valence-electron chi connectivity index (χ1n) is 5.69. The fourth-order valence-corrected chi connectivity index (χ4v) is 3.31. The van der Waals surface area contributed by atoms with Gasteiger partial charge in [-0.2, -0.15) is 0 Å². The van der Waals surface area contributed by atoms with Crippen LogP contribution in [0.25, 0.3) is 0 Å². The van der Waals surface area contributed by atoms with Crippen molar-refractivity contribution in [2.45, 2.75) is 33.6 Å². The van der Waals surface area contributed by atoms with E-state index < -0.39 is 0 Å². The van der Waals surface area contributed by atoms with Crippen LogP contribution in [0.3, 0.4) is 0 Å². The zero-order chi connectivity index (χ0) is 10.5. The summed E-state index contributed by atoms with van der Waals surface area (Å²) in [4.78, 5) is 13.9. The SMILES string of the molecule is C[C@H]1C[C@H]2C(=O)N(C)CC[C@@H]2C1(C)C. The Morgan fingerprint density at radius 3 is 2.71 bits per heavy atom. The number of likely N-dealkylation sites (tertiary alicyclic amines) is 1. The highest BCUT2D eigenvalue weighted by Gasteiger charge is 2.51. The maximum absolute atomic E-state index is 12.0. The van der Waals surface area contributed by atoms with E-state index in [1.165, 1.54) is 6.42 Å². The normalized spacial score (nSPS) is 41.3. The lowest BCUT2D eigenvalue weighted by atomic mass is 9.72. The van der Waals surface area contributed by atoms with Gasteiger partial charge < -0.3 is 4.90 Å². The molecule has 2 heteroatoms. The van der Waals surface area contributed by atoms with Crippen molar-refractivity contribution in [2.24, 2.45) is 23.2 Å². The first kappa shape index (κ1) is 10.0. The van der Waals surface area contributed by atoms with Gasteiger partial charge in [0.05, 0.1) is 0 Å². The second-order valence-corrected chi connectivity index (χ2v) is 5.72. The largest absolute Gasteiger partial charge is 0.346 e. The highest BCUT2D eigenvalue weighted by atomic mass is 16.2. The molecule has 0 bridgehead atoms. The molecule has 80 valence electrons. The van der Waals surface area contributed by atoms with Crippen LogP contribution in [0.2, 0.25) is 0 Å². The van der Waals surface area contributed by atoms with Gasteiger partial charge in [-0.25, -0.2) is 0 Å². The standard InChI is InChI=1S/C12H21NO/c1-8-7-9-10(12(8,2)3)5-6-13(4)11(9)14/h8-10H,5-7H2,1-4H3/t8-,9+,10-/m0/s1. The van der Waals surface area contributed by atoms with Gasteiger partial charge in [-0.15, -0.1) is 0 Å². The van der Waals surface area contributed by atoms with E-state index in [1.807, 2.05) is 11.9 Å². The summed E-state index contributed by atoms with van der Waals surface area (Å²) in [7, 11) is 1.94. The molecule has 0 unspecified atom stereocenters. The Kier molecular flexibility index (Phi) is 2.13. The van der Waals surface area contributed by atoms with E-state index in [4.69, 9.17) is 0 Å². The molecular weight excluding hydrogens is 174 g/mol. The first-order chi connectivity index (χ1) is 6.44. The van der Waals surface area contributed by atoms with Crippen LogP contribution in [0.15, 0.2) is 0 Å². The number of fused-ring (bicyclic) bond motifs is 1. The van der Waals surface area contributed by atoms with Crippen molar-refractivity contribution in [3.63, 3.8) is 0 Å². The summed E-state index contributed by atoms with van der Waals surface area (Å²) in [5.41, 5.74) is 0.363. The van der Waals surface area contributed by atoms with Gasteiger partial charge in [0.2, 0.25) is 5.91 Å². The Hall–Kier alpha value is -0.530. The quantitative estimate of drug-likeness (QED) is 0.580. The van der Waals surface area contributed by atoms with Crippen molar-refractivity contribution in [2.75, 3.05) is 13.6 Å². The second kappa shape index (κ2) is 2.98. The van der Waals surface area contributed by atoms with Crippen LogP contribution in [-0.2, 0) is 4.79 Å². The summed E-state index contributed by atoms with van der Waals surface area (Å²) < 4.78 is 0. The molecule has 0 aromatic heterocycles. The predicted molar refractivity (Wildman–Crippen MR) is 56.8 cm³/mol. The zero-order valence-corrected chi connectivity index (χ0v) is 9.71.